The van der Waals surface area contributed by atoms with Crippen LogP contribution in [0.5, 0.6) is 0 Å². The fourth-order valence-corrected chi connectivity index (χ4v) is 5.27. The third-order valence-electron chi connectivity index (χ3n) is 5.06. The van der Waals surface area contributed by atoms with Gasteiger partial charge in [-0.2, -0.15) is 17.5 Å². The number of hydrogen-bond donors (Lipinski definition) is 2. The minimum absolute atomic E-state index is 0. The summed E-state index contributed by atoms with van der Waals surface area (Å²) in [5.74, 6) is -0.610. The zero-order chi connectivity index (χ0) is 19.1. The predicted molar refractivity (Wildman–Crippen MR) is 95.0 cm³/mol. The van der Waals surface area contributed by atoms with Gasteiger partial charge in [-0.05, 0) is 42.9 Å². The lowest BCUT2D eigenvalue weighted by atomic mass is 9.98. The molecule has 27 heavy (non-hydrogen) atoms. The Morgan fingerprint density at radius 2 is 1.96 bits per heavy atom. The highest BCUT2D eigenvalue weighted by Crippen LogP contribution is 2.39. The predicted octanol–water partition coefficient (Wildman–Crippen LogP) is 1.76. The van der Waals surface area contributed by atoms with E-state index in [1.54, 1.807) is 5.32 Å². The largest absolute Gasteiger partial charge is 0.405 e. The van der Waals surface area contributed by atoms with Crippen molar-refractivity contribution in [1.29, 1.82) is 0 Å². The zero-order valence-electron chi connectivity index (χ0n) is 14.3. The van der Waals surface area contributed by atoms with Gasteiger partial charge in [0.1, 0.15) is 6.54 Å². The Balaban J connectivity index is 0.00000261. The molecule has 6 nitrogen and oxygen atoms in total. The molecule has 11 heteroatoms. The summed E-state index contributed by atoms with van der Waals surface area (Å²) in [6.07, 6.45) is -2.76. The molecule has 0 spiro atoms. The van der Waals surface area contributed by atoms with Crippen LogP contribution in [0.25, 0.3) is 0 Å². The lowest BCUT2D eigenvalue weighted by Crippen LogP contribution is -2.34. The van der Waals surface area contributed by atoms with E-state index in [1.165, 1.54) is 22.5 Å². The molecule has 0 radical (unpaired) electrons. The number of alkyl halides is 3. The van der Waals surface area contributed by atoms with Crippen LogP contribution in [-0.4, -0.2) is 50.5 Å². The first kappa shape index (κ1) is 21.9. The molecular weight excluding hydrogens is 407 g/mol. The van der Waals surface area contributed by atoms with E-state index in [2.05, 4.69) is 0 Å². The molecule has 1 aromatic carbocycles. The lowest BCUT2D eigenvalue weighted by Gasteiger charge is -2.19. The van der Waals surface area contributed by atoms with E-state index >= 15 is 0 Å². The molecule has 2 aliphatic rings. The maximum atomic E-state index is 12.8. The van der Waals surface area contributed by atoms with E-state index in [9.17, 15) is 26.4 Å². The first-order valence-electron chi connectivity index (χ1n) is 8.29. The molecule has 2 fully saturated rings. The van der Waals surface area contributed by atoms with Crippen molar-refractivity contribution in [2.24, 2.45) is 17.6 Å². The van der Waals surface area contributed by atoms with Crippen LogP contribution >= 0.6 is 12.4 Å². The molecule has 1 saturated carbocycles. The number of nitrogens with two attached hydrogens (primary N) is 1. The Kier molecular flexibility index (Phi) is 6.45. The Morgan fingerprint density at radius 3 is 2.59 bits per heavy atom. The second-order valence-electron chi connectivity index (χ2n) is 6.81. The molecule has 0 bridgehead atoms. The lowest BCUT2D eigenvalue weighted by molar-refractivity contribution is -0.123. The summed E-state index contributed by atoms with van der Waals surface area (Å²) < 4.78 is 63.7. The van der Waals surface area contributed by atoms with Gasteiger partial charge in [0.2, 0.25) is 10.0 Å². The Morgan fingerprint density at radius 1 is 1.26 bits per heavy atom. The van der Waals surface area contributed by atoms with Crippen LogP contribution in [0.3, 0.4) is 0 Å². The van der Waals surface area contributed by atoms with Crippen molar-refractivity contribution < 1.29 is 26.4 Å². The maximum absolute atomic E-state index is 12.8. The van der Waals surface area contributed by atoms with Crippen molar-refractivity contribution in [3.63, 3.8) is 0 Å². The molecular formula is C16H21ClF3N3O3S. The normalized spacial score (nSPS) is 25.7. The molecule has 3 atom stereocenters. The van der Waals surface area contributed by atoms with Gasteiger partial charge >= 0.3 is 6.18 Å². The monoisotopic (exact) mass is 427 g/mol. The number of halogens is 4. The van der Waals surface area contributed by atoms with Gasteiger partial charge in [-0.25, -0.2) is 8.42 Å². The second kappa shape index (κ2) is 7.94. The van der Waals surface area contributed by atoms with Crippen LogP contribution in [0.4, 0.5) is 13.2 Å². The maximum Gasteiger partial charge on any atom is 0.405 e. The molecule has 1 aliphatic heterocycles. The van der Waals surface area contributed by atoms with E-state index in [4.69, 9.17) is 5.73 Å². The first-order chi connectivity index (χ1) is 12.1. The van der Waals surface area contributed by atoms with Crippen molar-refractivity contribution in [2.75, 3.05) is 19.6 Å². The Hall–Kier alpha value is -1.36. The van der Waals surface area contributed by atoms with Crippen LogP contribution in [0, 0.1) is 11.8 Å². The van der Waals surface area contributed by atoms with Gasteiger partial charge in [-0.3, -0.25) is 4.79 Å². The number of nitrogens with zero attached hydrogens (tertiary/aromatic N) is 1. The van der Waals surface area contributed by atoms with Gasteiger partial charge in [0.15, 0.2) is 0 Å². The van der Waals surface area contributed by atoms with Crippen LogP contribution in [0.2, 0.25) is 0 Å². The summed E-state index contributed by atoms with van der Waals surface area (Å²) in [6, 6.07) is 5.05. The highest BCUT2D eigenvalue weighted by molar-refractivity contribution is 7.89. The van der Waals surface area contributed by atoms with E-state index in [0.29, 0.717) is 13.1 Å². The average molecular weight is 428 g/mol. The van der Waals surface area contributed by atoms with Crippen molar-refractivity contribution >= 4 is 28.3 Å². The summed E-state index contributed by atoms with van der Waals surface area (Å²) >= 11 is 0. The number of sulfonamides is 1. The highest BCUT2D eigenvalue weighted by Gasteiger charge is 2.45. The number of hydrogen-bond acceptors (Lipinski definition) is 4. The number of fused-ring (bicyclic) bond motifs is 1. The quantitative estimate of drug-likeness (QED) is 0.765. The minimum Gasteiger partial charge on any atom is -0.343 e. The fraction of sp³-hybridized carbons (Fsp3) is 0.562. The van der Waals surface area contributed by atoms with Gasteiger partial charge in [0.05, 0.1) is 4.90 Å². The topological polar surface area (TPSA) is 92.5 Å². The Bertz CT molecular complexity index is 804. The van der Waals surface area contributed by atoms with Crippen molar-refractivity contribution in [2.45, 2.75) is 30.0 Å². The zero-order valence-corrected chi connectivity index (χ0v) is 15.9. The van der Waals surface area contributed by atoms with Crippen LogP contribution in [-0.2, 0) is 10.0 Å². The summed E-state index contributed by atoms with van der Waals surface area (Å²) in [5.41, 5.74) is 5.90. The standard InChI is InChI=1S/C16H20F3N3O3S.ClH/c17-16(18,19)9-21-15(23)10-2-1-3-12(6-10)26(24,25)22-7-11-4-5-14(20)13(11)8-22;/h1-3,6,11,13-14H,4-5,7-9,20H2,(H,21,23);1H. The number of amides is 1. The molecule has 0 aromatic heterocycles. The fourth-order valence-electron chi connectivity index (χ4n) is 3.69. The van der Waals surface area contributed by atoms with Gasteiger partial charge < -0.3 is 11.1 Å². The van der Waals surface area contributed by atoms with Gasteiger partial charge in [0.25, 0.3) is 5.91 Å². The van der Waals surface area contributed by atoms with Gasteiger partial charge in [-0.15, -0.1) is 12.4 Å². The molecule has 1 aliphatic carbocycles. The molecule has 1 aromatic rings. The summed E-state index contributed by atoms with van der Waals surface area (Å²) in [4.78, 5) is 11.8. The van der Waals surface area contributed by atoms with Crippen LogP contribution in [0.15, 0.2) is 29.2 Å². The third-order valence-corrected chi connectivity index (χ3v) is 6.89. The number of benzene rings is 1. The molecule has 3 N–H and O–H groups in total. The van der Waals surface area contributed by atoms with Crippen molar-refractivity contribution in [3.05, 3.63) is 29.8 Å². The first-order valence-corrected chi connectivity index (χ1v) is 9.73. The third kappa shape index (κ3) is 4.74. The minimum atomic E-state index is -4.54. The average Bonchev–Trinajstić information content (AvgIpc) is 3.15. The molecule has 1 heterocycles. The van der Waals surface area contributed by atoms with Crippen molar-refractivity contribution in [3.8, 4) is 0 Å². The SMILES string of the molecule is Cl.NC1CCC2CN(S(=O)(=O)c3cccc(C(=O)NCC(F)(F)F)c3)CC12. The van der Waals surface area contributed by atoms with Crippen LogP contribution in [0.1, 0.15) is 23.2 Å². The summed E-state index contributed by atoms with van der Waals surface area (Å²) in [5, 5.41) is 1.74. The second-order valence-corrected chi connectivity index (χ2v) is 8.75. The van der Waals surface area contributed by atoms with E-state index in [-0.39, 0.29) is 40.7 Å². The number of carbonyl (C=O) groups excluding carboxylic acids is 1. The Labute approximate surface area is 161 Å². The molecule has 1 amide bonds. The molecule has 3 unspecified atom stereocenters. The van der Waals surface area contributed by atoms with Crippen LogP contribution < -0.4 is 11.1 Å². The number of nitrogens with one attached hydrogen (secondary N) is 1. The number of rotatable bonds is 4. The van der Waals surface area contributed by atoms with Gasteiger partial charge in [-0.1, -0.05) is 6.07 Å². The van der Waals surface area contributed by atoms with E-state index < -0.39 is 28.7 Å². The van der Waals surface area contributed by atoms with E-state index in [0.717, 1.165) is 18.9 Å². The molecule has 152 valence electrons. The summed E-state index contributed by atoms with van der Waals surface area (Å²) in [6.45, 7) is -0.764. The smallest absolute Gasteiger partial charge is 0.343 e. The molecule has 1 saturated heterocycles. The van der Waals surface area contributed by atoms with Gasteiger partial charge in [0, 0.05) is 24.7 Å². The molecule has 3 rings (SSSR count). The highest BCUT2D eigenvalue weighted by atomic mass is 35.5. The summed E-state index contributed by atoms with van der Waals surface area (Å²) in [7, 11) is -3.83. The van der Waals surface area contributed by atoms with E-state index in [1.807, 2.05) is 0 Å². The number of carbonyl (C=O) groups is 1. The van der Waals surface area contributed by atoms with Crippen molar-refractivity contribution in [1.82, 2.24) is 9.62 Å².